The molecule has 88 valence electrons. The van der Waals surface area contributed by atoms with Gasteiger partial charge in [-0.15, -0.1) is 0 Å². The van der Waals surface area contributed by atoms with Gasteiger partial charge in [-0.2, -0.15) is 0 Å². The summed E-state index contributed by atoms with van der Waals surface area (Å²) in [5, 5.41) is 3.46. The molecule has 0 saturated heterocycles. The third-order valence-corrected chi connectivity index (χ3v) is 3.12. The number of anilines is 1. The van der Waals surface area contributed by atoms with Crippen molar-refractivity contribution in [2.24, 2.45) is 5.73 Å². The number of nitrogens with two attached hydrogens (primary N) is 1. The lowest BCUT2D eigenvalue weighted by atomic mass is 9.91. The molecule has 1 aliphatic carbocycles. The summed E-state index contributed by atoms with van der Waals surface area (Å²) in [7, 11) is 1.62. The highest BCUT2D eigenvalue weighted by Crippen LogP contribution is 2.22. The summed E-state index contributed by atoms with van der Waals surface area (Å²) in [5.74, 6) is 0.634. The number of rotatable bonds is 3. The Hall–Kier alpha value is -1.29. The zero-order valence-corrected chi connectivity index (χ0v) is 9.65. The van der Waals surface area contributed by atoms with Crippen molar-refractivity contribution < 1.29 is 4.74 Å². The molecule has 16 heavy (non-hydrogen) atoms. The number of ether oxygens (including phenoxy) is 1. The molecule has 2 rings (SSSR count). The standard InChI is InChI=1S/C12H19N3O/c1-16-12-8-9(6-7-14-12)15-11-5-3-2-4-10(11)13/h6-8,10-11H,2-5,13H2,1H3,(H,14,15)/t10-,11-/m1/s1. The van der Waals surface area contributed by atoms with Crippen LogP contribution in [-0.2, 0) is 0 Å². The van der Waals surface area contributed by atoms with Crippen LogP contribution in [0.5, 0.6) is 5.88 Å². The van der Waals surface area contributed by atoms with E-state index in [1.165, 1.54) is 12.8 Å². The van der Waals surface area contributed by atoms with Gasteiger partial charge in [0, 0.05) is 30.0 Å². The van der Waals surface area contributed by atoms with Crippen molar-refractivity contribution in [3.63, 3.8) is 0 Å². The summed E-state index contributed by atoms with van der Waals surface area (Å²) in [6.07, 6.45) is 6.51. The molecular formula is C12H19N3O. The smallest absolute Gasteiger partial charge is 0.214 e. The lowest BCUT2D eigenvalue weighted by Gasteiger charge is -2.30. The van der Waals surface area contributed by atoms with Gasteiger partial charge in [0.1, 0.15) is 0 Å². The van der Waals surface area contributed by atoms with Crippen LogP contribution in [0.4, 0.5) is 5.69 Å². The van der Waals surface area contributed by atoms with E-state index in [9.17, 15) is 0 Å². The zero-order valence-electron chi connectivity index (χ0n) is 9.65. The van der Waals surface area contributed by atoms with Crippen molar-refractivity contribution in [3.8, 4) is 5.88 Å². The van der Waals surface area contributed by atoms with E-state index in [0.29, 0.717) is 11.9 Å². The Morgan fingerprint density at radius 3 is 3.00 bits per heavy atom. The van der Waals surface area contributed by atoms with Crippen LogP contribution in [0.1, 0.15) is 25.7 Å². The third kappa shape index (κ3) is 2.64. The topological polar surface area (TPSA) is 60.2 Å². The van der Waals surface area contributed by atoms with E-state index in [1.807, 2.05) is 12.1 Å². The van der Waals surface area contributed by atoms with Crippen LogP contribution in [0.25, 0.3) is 0 Å². The molecule has 0 spiro atoms. The van der Waals surface area contributed by atoms with Crippen LogP contribution in [0.2, 0.25) is 0 Å². The van der Waals surface area contributed by atoms with Crippen molar-refractivity contribution in [2.45, 2.75) is 37.8 Å². The van der Waals surface area contributed by atoms with E-state index >= 15 is 0 Å². The number of hydrogen-bond acceptors (Lipinski definition) is 4. The second-order valence-corrected chi connectivity index (χ2v) is 4.29. The molecule has 1 saturated carbocycles. The first-order valence-electron chi connectivity index (χ1n) is 5.82. The molecule has 0 bridgehead atoms. The van der Waals surface area contributed by atoms with Crippen LogP contribution in [0, 0.1) is 0 Å². The quantitative estimate of drug-likeness (QED) is 0.816. The average molecular weight is 221 g/mol. The fourth-order valence-electron chi connectivity index (χ4n) is 2.16. The van der Waals surface area contributed by atoms with Gasteiger partial charge in [-0.25, -0.2) is 4.98 Å². The lowest BCUT2D eigenvalue weighted by Crippen LogP contribution is -2.42. The van der Waals surface area contributed by atoms with E-state index in [4.69, 9.17) is 10.5 Å². The molecule has 1 aromatic rings. The molecule has 1 aromatic heterocycles. The fourth-order valence-corrected chi connectivity index (χ4v) is 2.16. The first kappa shape index (κ1) is 11.2. The van der Waals surface area contributed by atoms with Gasteiger partial charge >= 0.3 is 0 Å². The van der Waals surface area contributed by atoms with Gasteiger partial charge in [-0.1, -0.05) is 12.8 Å². The molecule has 1 heterocycles. The minimum atomic E-state index is 0.257. The molecule has 0 aromatic carbocycles. The fraction of sp³-hybridized carbons (Fsp3) is 0.583. The third-order valence-electron chi connectivity index (χ3n) is 3.12. The van der Waals surface area contributed by atoms with E-state index in [0.717, 1.165) is 18.5 Å². The number of hydrogen-bond donors (Lipinski definition) is 2. The van der Waals surface area contributed by atoms with Gasteiger partial charge in [0.15, 0.2) is 0 Å². The second kappa shape index (κ2) is 5.16. The Labute approximate surface area is 96.2 Å². The molecule has 2 atom stereocenters. The van der Waals surface area contributed by atoms with Gasteiger partial charge in [0.05, 0.1) is 7.11 Å². The van der Waals surface area contributed by atoms with Crippen LogP contribution in [-0.4, -0.2) is 24.2 Å². The lowest BCUT2D eigenvalue weighted by molar-refractivity contribution is 0.395. The van der Waals surface area contributed by atoms with Gasteiger partial charge < -0.3 is 15.8 Å². The van der Waals surface area contributed by atoms with Gasteiger partial charge in [0.25, 0.3) is 0 Å². The predicted octanol–water partition coefficient (Wildman–Crippen LogP) is 1.77. The molecule has 4 nitrogen and oxygen atoms in total. The molecule has 0 aliphatic heterocycles. The summed E-state index contributed by atoms with van der Waals surface area (Å²) in [4.78, 5) is 4.08. The van der Waals surface area contributed by atoms with E-state index < -0.39 is 0 Å². The Balaban J connectivity index is 2.01. The number of methoxy groups -OCH3 is 1. The normalized spacial score (nSPS) is 25.1. The summed E-state index contributed by atoms with van der Waals surface area (Å²) < 4.78 is 5.09. The molecular weight excluding hydrogens is 202 g/mol. The molecule has 0 unspecified atom stereocenters. The molecule has 3 N–H and O–H groups in total. The minimum absolute atomic E-state index is 0.257. The van der Waals surface area contributed by atoms with Gasteiger partial charge in [0.2, 0.25) is 5.88 Å². The molecule has 4 heteroatoms. The maximum atomic E-state index is 6.09. The summed E-state index contributed by atoms with van der Waals surface area (Å²) in [6, 6.07) is 4.49. The Morgan fingerprint density at radius 1 is 1.44 bits per heavy atom. The van der Waals surface area contributed by atoms with E-state index in [-0.39, 0.29) is 6.04 Å². The first-order chi connectivity index (χ1) is 7.79. The van der Waals surface area contributed by atoms with Crippen molar-refractivity contribution in [2.75, 3.05) is 12.4 Å². The maximum absolute atomic E-state index is 6.09. The summed E-state index contributed by atoms with van der Waals surface area (Å²) >= 11 is 0. The van der Waals surface area contributed by atoms with Gasteiger partial charge in [-0.3, -0.25) is 0 Å². The largest absolute Gasteiger partial charge is 0.481 e. The average Bonchev–Trinajstić information content (AvgIpc) is 2.32. The highest BCUT2D eigenvalue weighted by Gasteiger charge is 2.21. The van der Waals surface area contributed by atoms with Crippen LogP contribution in [0.15, 0.2) is 18.3 Å². The van der Waals surface area contributed by atoms with Crippen LogP contribution in [0.3, 0.4) is 0 Å². The monoisotopic (exact) mass is 221 g/mol. The van der Waals surface area contributed by atoms with Crippen LogP contribution >= 0.6 is 0 Å². The summed E-state index contributed by atoms with van der Waals surface area (Å²) in [6.45, 7) is 0. The number of nitrogens with zero attached hydrogens (tertiary/aromatic N) is 1. The van der Waals surface area contributed by atoms with Crippen molar-refractivity contribution >= 4 is 5.69 Å². The van der Waals surface area contributed by atoms with E-state index in [2.05, 4.69) is 10.3 Å². The zero-order chi connectivity index (χ0) is 11.4. The SMILES string of the molecule is COc1cc(N[C@@H]2CCCC[C@H]2N)ccn1. The molecule has 1 fully saturated rings. The molecule has 0 radical (unpaired) electrons. The van der Waals surface area contributed by atoms with Gasteiger partial charge in [-0.05, 0) is 18.9 Å². The summed E-state index contributed by atoms with van der Waals surface area (Å²) in [5.41, 5.74) is 7.12. The molecule has 1 aliphatic rings. The molecule has 0 amide bonds. The number of pyridine rings is 1. The Bertz CT molecular complexity index is 343. The number of aromatic nitrogens is 1. The van der Waals surface area contributed by atoms with Crippen LogP contribution < -0.4 is 15.8 Å². The van der Waals surface area contributed by atoms with E-state index in [1.54, 1.807) is 13.3 Å². The predicted molar refractivity (Wildman–Crippen MR) is 64.6 cm³/mol. The van der Waals surface area contributed by atoms with Crippen molar-refractivity contribution in [3.05, 3.63) is 18.3 Å². The van der Waals surface area contributed by atoms with Crippen molar-refractivity contribution in [1.29, 1.82) is 0 Å². The first-order valence-corrected chi connectivity index (χ1v) is 5.82. The number of nitrogens with one attached hydrogen (secondary N) is 1. The maximum Gasteiger partial charge on any atom is 0.214 e. The Kier molecular flexibility index (Phi) is 3.62. The van der Waals surface area contributed by atoms with Crippen molar-refractivity contribution in [1.82, 2.24) is 4.98 Å². The Morgan fingerprint density at radius 2 is 2.25 bits per heavy atom. The minimum Gasteiger partial charge on any atom is -0.481 e. The highest BCUT2D eigenvalue weighted by atomic mass is 16.5. The second-order valence-electron chi connectivity index (χ2n) is 4.29. The highest BCUT2D eigenvalue weighted by molar-refractivity contribution is 5.46.